The fourth-order valence-corrected chi connectivity index (χ4v) is 1.94. The van der Waals surface area contributed by atoms with Crippen LogP contribution in [0.2, 0.25) is 0 Å². The predicted octanol–water partition coefficient (Wildman–Crippen LogP) is 3.51. The van der Waals surface area contributed by atoms with Gasteiger partial charge in [0.05, 0.1) is 6.42 Å². The van der Waals surface area contributed by atoms with Gasteiger partial charge >= 0.3 is 5.97 Å². The van der Waals surface area contributed by atoms with Crippen LogP contribution in [0.4, 0.5) is 0 Å². The van der Waals surface area contributed by atoms with E-state index in [4.69, 9.17) is 5.11 Å². The number of benzene rings is 1. The van der Waals surface area contributed by atoms with Crippen molar-refractivity contribution in [1.82, 2.24) is 0 Å². The fraction of sp³-hybridized carbons (Fsp3) is 0.462. The molecule has 0 heterocycles. The van der Waals surface area contributed by atoms with E-state index in [-0.39, 0.29) is 6.42 Å². The number of rotatable bonds is 3. The van der Waals surface area contributed by atoms with Gasteiger partial charge in [-0.25, -0.2) is 0 Å². The molecule has 1 saturated carbocycles. The Balaban J connectivity index is 0.000000606. The molecule has 2 rings (SSSR count). The van der Waals surface area contributed by atoms with Gasteiger partial charge in [-0.15, -0.1) is 12.6 Å². The van der Waals surface area contributed by atoms with E-state index in [2.05, 4.69) is 12.6 Å². The minimum atomic E-state index is -0.786. The number of aliphatic carboxylic acids is 1. The Morgan fingerprint density at radius 2 is 2.00 bits per heavy atom. The molecule has 0 saturated heterocycles. The van der Waals surface area contributed by atoms with Crippen molar-refractivity contribution in [2.24, 2.45) is 0 Å². The van der Waals surface area contributed by atoms with Gasteiger partial charge < -0.3 is 5.11 Å². The highest BCUT2D eigenvalue weighted by atomic mass is 32.1. The van der Waals surface area contributed by atoms with Crippen molar-refractivity contribution in [3.63, 3.8) is 0 Å². The van der Waals surface area contributed by atoms with E-state index in [0.29, 0.717) is 5.92 Å². The average molecular weight is 238 g/mol. The van der Waals surface area contributed by atoms with Crippen LogP contribution in [0.15, 0.2) is 23.1 Å². The van der Waals surface area contributed by atoms with Crippen molar-refractivity contribution in [3.8, 4) is 0 Å². The summed E-state index contributed by atoms with van der Waals surface area (Å²) in [5, 5.41) is 8.68. The van der Waals surface area contributed by atoms with Gasteiger partial charge in [-0.1, -0.05) is 19.9 Å². The van der Waals surface area contributed by atoms with Crippen LogP contribution in [0.3, 0.4) is 0 Å². The lowest BCUT2D eigenvalue weighted by Crippen LogP contribution is -2.00. The number of thiol groups is 1. The molecule has 0 bridgehead atoms. The van der Waals surface area contributed by atoms with Crippen LogP contribution in [0.1, 0.15) is 43.7 Å². The van der Waals surface area contributed by atoms with Crippen molar-refractivity contribution >= 4 is 18.6 Å². The first kappa shape index (κ1) is 13.1. The number of carbonyl (C=O) groups is 1. The Hall–Kier alpha value is -0.960. The van der Waals surface area contributed by atoms with Gasteiger partial charge in [-0.05, 0) is 42.0 Å². The largest absolute Gasteiger partial charge is 0.481 e. The zero-order chi connectivity index (χ0) is 12.1. The highest BCUT2D eigenvalue weighted by molar-refractivity contribution is 7.80. The summed E-state index contributed by atoms with van der Waals surface area (Å²) in [5.41, 5.74) is 2.10. The monoisotopic (exact) mass is 238 g/mol. The fourth-order valence-electron chi connectivity index (χ4n) is 1.63. The Labute approximate surface area is 102 Å². The Morgan fingerprint density at radius 3 is 2.50 bits per heavy atom. The quantitative estimate of drug-likeness (QED) is 0.791. The molecule has 0 atom stereocenters. The first-order chi connectivity index (χ1) is 7.65. The van der Waals surface area contributed by atoms with Gasteiger partial charge in [0.15, 0.2) is 0 Å². The third kappa shape index (κ3) is 3.89. The summed E-state index contributed by atoms with van der Waals surface area (Å²) in [6.45, 7) is 4.00. The first-order valence-electron chi connectivity index (χ1n) is 5.70. The summed E-state index contributed by atoms with van der Waals surface area (Å²) in [4.78, 5) is 11.4. The number of hydrogen-bond acceptors (Lipinski definition) is 2. The SMILES string of the molecule is CC.O=C(O)Cc1cc(S)cc(C2CC2)c1. The molecule has 0 aromatic heterocycles. The summed E-state index contributed by atoms with van der Waals surface area (Å²) in [7, 11) is 0. The zero-order valence-electron chi connectivity index (χ0n) is 9.73. The third-order valence-corrected chi connectivity index (χ3v) is 2.66. The van der Waals surface area contributed by atoms with Crippen LogP contribution in [0, 0.1) is 0 Å². The molecule has 3 heteroatoms. The molecule has 0 amide bonds. The average Bonchev–Trinajstić information content (AvgIpc) is 3.01. The topological polar surface area (TPSA) is 37.3 Å². The van der Waals surface area contributed by atoms with Gasteiger partial charge in [0.25, 0.3) is 0 Å². The number of carboxylic acids is 1. The molecular weight excluding hydrogens is 220 g/mol. The minimum absolute atomic E-state index is 0.0914. The van der Waals surface area contributed by atoms with Crippen LogP contribution in [0.5, 0.6) is 0 Å². The first-order valence-corrected chi connectivity index (χ1v) is 6.14. The number of carboxylic acid groups (broad SMARTS) is 1. The molecule has 1 aliphatic rings. The lowest BCUT2D eigenvalue weighted by Gasteiger charge is -2.04. The highest BCUT2D eigenvalue weighted by Gasteiger charge is 2.24. The maximum atomic E-state index is 10.6. The molecule has 1 aromatic rings. The summed E-state index contributed by atoms with van der Waals surface area (Å²) >= 11 is 4.28. The second-order valence-corrected chi connectivity index (χ2v) is 4.29. The van der Waals surface area contributed by atoms with Crippen LogP contribution in [-0.4, -0.2) is 11.1 Å². The lowest BCUT2D eigenvalue weighted by atomic mass is 10.1. The molecule has 0 spiro atoms. The molecule has 1 fully saturated rings. The van der Waals surface area contributed by atoms with Crippen molar-refractivity contribution in [3.05, 3.63) is 29.3 Å². The molecule has 16 heavy (non-hydrogen) atoms. The van der Waals surface area contributed by atoms with Crippen molar-refractivity contribution in [2.75, 3.05) is 0 Å². The van der Waals surface area contributed by atoms with Gasteiger partial charge in [0, 0.05) is 4.90 Å². The van der Waals surface area contributed by atoms with Crippen LogP contribution in [-0.2, 0) is 11.2 Å². The zero-order valence-corrected chi connectivity index (χ0v) is 10.6. The van der Waals surface area contributed by atoms with Crippen LogP contribution in [0.25, 0.3) is 0 Å². The summed E-state index contributed by atoms with van der Waals surface area (Å²) in [5.74, 6) is -0.139. The Bertz CT molecular complexity index is 370. The van der Waals surface area contributed by atoms with Gasteiger partial charge in [0.2, 0.25) is 0 Å². The number of hydrogen-bond donors (Lipinski definition) is 2. The Morgan fingerprint density at radius 1 is 1.38 bits per heavy atom. The molecule has 88 valence electrons. The maximum Gasteiger partial charge on any atom is 0.307 e. The summed E-state index contributed by atoms with van der Waals surface area (Å²) in [6.07, 6.45) is 2.54. The smallest absolute Gasteiger partial charge is 0.307 e. The van der Waals surface area contributed by atoms with Crippen LogP contribution >= 0.6 is 12.6 Å². The van der Waals surface area contributed by atoms with Gasteiger partial charge in [-0.3, -0.25) is 4.79 Å². The molecule has 1 aliphatic carbocycles. The van der Waals surface area contributed by atoms with Gasteiger partial charge in [0.1, 0.15) is 0 Å². The molecular formula is C13H18O2S. The molecule has 1 aromatic carbocycles. The van der Waals surface area contributed by atoms with Crippen molar-refractivity contribution < 1.29 is 9.90 Å². The highest BCUT2D eigenvalue weighted by Crippen LogP contribution is 2.41. The summed E-state index contributed by atoms with van der Waals surface area (Å²) in [6, 6.07) is 5.85. The van der Waals surface area contributed by atoms with Crippen LogP contribution < -0.4 is 0 Å². The lowest BCUT2D eigenvalue weighted by molar-refractivity contribution is -0.136. The normalized spacial score (nSPS) is 13.9. The van der Waals surface area contributed by atoms with E-state index < -0.39 is 5.97 Å². The Kier molecular flexibility index (Phi) is 4.87. The van der Waals surface area contributed by atoms with Gasteiger partial charge in [-0.2, -0.15) is 0 Å². The third-order valence-electron chi connectivity index (χ3n) is 2.40. The van der Waals surface area contributed by atoms with Crippen molar-refractivity contribution in [1.29, 1.82) is 0 Å². The molecule has 0 radical (unpaired) electrons. The van der Waals surface area contributed by atoms with E-state index in [9.17, 15) is 4.79 Å². The van der Waals surface area contributed by atoms with E-state index in [1.54, 1.807) is 0 Å². The molecule has 0 aliphatic heterocycles. The van der Waals surface area contributed by atoms with Crippen molar-refractivity contribution in [2.45, 2.75) is 43.9 Å². The van der Waals surface area contributed by atoms with E-state index in [0.717, 1.165) is 10.5 Å². The maximum absolute atomic E-state index is 10.6. The summed E-state index contributed by atoms with van der Waals surface area (Å²) < 4.78 is 0. The molecule has 0 unspecified atom stereocenters. The standard InChI is InChI=1S/C11H12O2S.C2H6/c12-11(13)5-7-3-9(8-1-2-8)6-10(14)4-7;1-2/h3-4,6,8,14H,1-2,5H2,(H,12,13);1-2H3. The van der Waals surface area contributed by atoms with E-state index in [1.807, 2.05) is 32.0 Å². The second-order valence-electron chi connectivity index (χ2n) is 3.78. The second kappa shape index (κ2) is 5.94. The minimum Gasteiger partial charge on any atom is -0.481 e. The van der Waals surface area contributed by atoms with E-state index in [1.165, 1.54) is 18.4 Å². The predicted molar refractivity (Wildman–Crippen MR) is 68.4 cm³/mol. The molecule has 2 nitrogen and oxygen atoms in total. The molecule has 1 N–H and O–H groups in total. The van der Waals surface area contributed by atoms with E-state index >= 15 is 0 Å².